The summed E-state index contributed by atoms with van der Waals surface area (Å²) in [6.07, 6.45) is 24.0. The molecule has 4 aliphatic carbocycles. The van der Waals surface area contributed by atoms with Crippen LogP contribution in [0.2, 0.25) is 0 Å². The molecule has 0 aliphatic heterocycles. The molecule has 0 radical (unpaired) electrons. The Balaban J connectivity index is 1.79. The summed E-state index contributed by atoms with van der Waals surface area (Å²) in [4.78, 5) is 0.583. The Morgan fingerprint density at radius 1 is 0.700 bits per heavy atom. The van der Waals surface area contributed by atoms with Crippen molar-refractivity contribution >= 4 is 10.1 Å². The third kappa shape index (κ3) is 5.12. The number of rotatable bonds is 5. The Morgan fingerprint density at radius 2 is 1.20 bits per heavy atom. The van der Waals surface area contributed by atoms with Gasteiger partial charge in [0.15, 0.2) is 0 Å². The van der Waals surface area contributed by atoms with Crippen molar-refractivity contribution in [1.82, 2.24) is 0 Å². The molecule has 3 nitrogen and oxygen atoms in total. The van der Waals surface area contributed by atoms with Crippen molar-refractivity contribution in [2.45, 2.75) is 103 Å². The maximum atomic E-state index is 13.1. The second-order valence-electron chi connectivity index (χ2n) is 10.0. The van der Waals surface area contributed by atoms with Crippen LogP contribution < -0.4 is 0 Å². The fourth-order valence-electron chi connectivity index (χ4n) is 6.35. The molecule has 0 aromatic rings. The zero-order chi connectivity index (χ0) is 21.0. The first kappa shape index (κ1) is 22.3. The SMILES string of the molecule is COS(=O)(=O)C1=C(C2CCCCC2)C=C(C2CCCCC2)C=C(C2CCCCC2)C1. The van der Waals surface area contributed by atoms with Crippen molar-refractivity contribution in [3.05, 3.63) is 33.8 Å². The molecule has 4 rings (SSSR count). The van der Waals surface area contributed by atoms with E-state index in [0.29, 0.717) is 29.1 Å². The van der Waals surface area contributed by atoms with Gasteiger partial charge in [0.25, 0.3) is 10.1 Å². The predicted octanol–water partition coefficient (Wildman–Crippen LogP) is 7.21. The van der Waals surface area contributed by atoms with E-state index < -0.39 is 10.1 Å². The van der Waals surface area contributed by atoms with Crippen LogP contribution in [-0.4, -0.2) is 15.5 Å². The molecule has 0 bridgehead atoms. The summed E-state index contributed by atoms with van der Waals surface area (Å²) < 4.78 is 31.4. The lowest BCUT2D eigenvalue weighted by molar-refractivity contribution is 0.387. The summed E-state index contributed by atoms with van der Waals surface area (Å²) in [5.41, 5.74) is 3.89. The van der Waals surface area contributed by atoms with E-state index in [-0.39, 0.29) is 0 Å². The van der Waals surface area contributed by atoms with Gasteiger partial charge in [-0.25, -0.2) is 0 Å². The molecule has 0 spiro atoms. The summed E-state index contributed by atoms with van der Waals surface area (Å²) >= 11 is 0. The molecule has 30 heavy (non-hydrogen) atoms. The fraction of sp³-hybridized carbons (Fsp3) is 0.769. The Morgan fingerprint density at radius 3 is 1.73 bits per heavy atom. The Labute approximate surface area is 184 Å². The minimum atomic E-state index is -3.67. The van der Waals surface area contributed by atoms with Gasteiger partial charge in [0, 0.05) is 6.42 Å². The van der Waals surface area contributed by atoms with Crippen LogP contribution in [0.5, 0.6) is 0 Å². The van der Waals surface area contributed by atoms with Crippen molar-refractivity contribution in [3.8, 4) is 0 Å². The molecule has 0 atom stereocenters. The predicted molar refractivity (Wildman–Crippen MR) is 123 cm³/mol. The van der Waals surface area contributed by atoms with E-state index in [2.05, 4.69) is 12.2 Å². The number of hydrogen-bond donors (Lipinski definition) is 0. The summed E-state index contributed by atoms with van der Waals surface area (Å²) in [7, 11) is -2.34. The van der Waals surface area contributed by atoms with Gasteiger partial charge in [0.05, 0.1) is 12.0 Å². The lowest BCUT2D eigenvalue weighted by Crippen LogP contribution is -2.17. The smallest absolute Gasteiger partial charge is 0.270 e. The highest BCUT2D eigenvalue weighted by Gasteiger charge is 2.32. The zero-order valence-corrected chi connectivity index (χ0v) is 19.6. The van der Waals surface area contributed by atoms with Crippen molar-refractivity contribution < 1.29 is 12.6 Å². The van der Waals surface area contributed by atoms with E-state index in [9.17, 15) is 8.42 Å². The van der Waals surface area contributed by atoms with Crippen molar-refractivity contribution in [3.63, 3.8) is 0 Å². The van der Waals surface area contributed by atoms with Crippen molar-refractivity contribution in [2.75, 3.05) is 7.11 Å². The lowest BCUT2D eigenvalue weighted by atomic mass is 9.78. The number of hydrogen-bond acceptors (Lipinski definition) is 3. The minimum absolute atomic E-state index is 0.372. The summed E-state index contributed by atoms with van der Waals surface area (Å²) in [5.74, 6) is 1.51. The highest BCUT2D eigenvalue weighted by molar-refractivity contribution is 7.90. The maximum absolute atomic E-state index is 13.1. The quantitative estimate of drug-likeness (QED) is 0.431. The Kier molecular flexibility index (Phi) is 7.57. The normalized spacial score (nSPS) is 26.3. The van der Waals surface area contributed by atoms with Crippen molar-refractivity contribution in [1.29, 1.82) is 0 Å². The van der Waals surface area contributed by atoms with E-state index in [0.717, 1.165) is 18.4 Å². The molecular formula is C26H40O3S. The van der Waals surface area contributed by atoms with Crippen LogP contribution in [0.25, 0.3) is 0 Å². The standard InChI is InChI=1S/C26H40O3S/c1-29-30(27,28)26-19-24(21-13-7-3-8-14-21)17-23(20-11-5-2-6-12-20)18-25(26)22-15-9-4-10-16-22/h17-18,20-22H,2-16,19H2,1H3. The van der Waals surface area contributed by atoms with E-state index >= 15 is 0 Å². The molecule has 4 aliphatic rings. The lowest BCUT2D eigenvalue weighted by Gasteiger charge is -2.27. The van der Waals surface area contributed by atoms with Gasteiger partial charge in [-0.1, -0.05) is 75.5 Å². The van der Waals surface area contributed by atoms with Gasteiger partial charge in [-0.3, -0.25) is 4.18 Å². The van der Waals surface area contributed by atoms with Crippen LogP contribution in [0.15, 0.2) is 33.8 Å². The topological polar surface area (TPSA) is 43.4 Å². The second kappa shape index (κ2) is 10.2. The molecule has 0 aromatic carbocycles. The largest absolute Gasteiger partial charge is 0.293 e. The zero-order valence-electron chi connectivity index (χ0n) is 18.8. The van der Waals surface area contributed by atoms with Gasteiger partial charge >= 0.3 is 0 Å². The van der Waals surface area contributed by atoms with Gasteiger partial charge in [-0.15, -0.1) is 0 Å². The summed E-state index contributed by atoms with van der Waals surface area (Å²) in [6.45, 7) is 0. The summed E-state index contributed by atoms with van der Waals surface area (Å²) in [6, 6.07) is 0. The van der Waals surface area contributed by atoms with Crippen LogP contribution in [0.3, 0.4) is 0 Å². The molecule has 0 aromatic heterocycles. The molecule has 0 unspecified atom stereocenters. The third-order valence-corrected chi connectivity index (χ3v) is 9.56. The van der Waals surface area contributed by atoms with Gasteiger partial charge in [-0.05, 0) is 67.4 Å². The van der Waals surface area contributed by atoms with Crippen LogP contribution in [-0.2, 0) is 14.3 Å². The highest BCUT2D eigenvalue weighted by atomic mass is 32.2. The van der Waals surface area contributed by atoms with E-state index in [1.807, 2.05) is 0 Å². The van der Waals surface area contributed by atoms with Crippen LogP contribution in [0.1, 0.15) is 103 Å². The first-order chi connectivity index (χ1) is 14.6. The fourth-order valence-corrected chi connectivity index (χ4v) is 7.41. The average Bonchev–Trinajstić information content (AvgIpc) is 3.02. The van der Waals surface area contributed by atoms with E-state index in [1.165, 1.54) is 102 Å². The molecule has 0 N–H and O–H groups in total. The van der Waals surface area contributed by atoms with Crippen LogP contribution in [0, 0.1) is 17.8 Å². The molecular weight excluding hydrogens is 392 g/mol. The second-order valence-corrected chi connectivity index (χ2v) is 11.8. The molecule has 3 saturated carbocycles. The minimum Gasteiger partial charge on any atom is -0.270 e. The first-order valence-electron chi connectivity index (χ1n) is 12.5. The molecule has 168 valence electrons. The molecule has 0 saturated heterocycles. The average molecular weight is 433 g/mol. The maximum Gasteiger partial charge on any atom is 0.293 e. The van der Waals surface area contributed by atoms with Crippen molar-refractivity contribution in [2.24, 2.45) is 17.8 Å². The monoisotopic (exact) mass is 432 g/mol. The van der Waals surface area contributed by atoms with E-state index in [1.54, 1.807) is 0 Å². The third-order valence-electron chi connectivity index (χ3n) is 8.13. The molecule has 0 amide bonds. The molecule has 3 fully saturated rings. The van der Waals surface area contributed by atoms with Crippen LogP contribution in [0.4, 0.5) is 0 Å². The van der Waals surface area contributed by atoms with Gasteiger partial charge in [0.1, 0.15) is 0 Å². The molecule has 4 heteroatoms. The number of allylic oxidation sites excluding steroid dienone is 6. The first-order valence-corrected chi connectivity index (χ1v) is 13.9. The van der Waals surface area contributed by atoms with Gasteiger partial charge in [-0.2, -0.15) is 8.42 Å². The van der Waals surface area contributed by atoms with Gasteiger partial charge < -0.3 is 0 Å². The van der Waals surface area contributed by atoms with Crippen LogP contribution >= 0.6 is 0 Å². The Hall–Kier alpha value is -0.870. The Bertz CT molecular complexity index is 784. The molecule has 0 heterocycles. The highest BCUT2D eigenvalue weighted by Crippen LogP contribution is 2.44. The van der Waals surface area contributed by atoms with E-state index in [4.69, 9.17) is 4.18 Å². The van der Waals surface area contributed by atoms with Gasteiger partial charge in [0.2, 0.25) is 0 Å². The summed E-state index contributed by atoms with van der Waals surface area (Å²) in [5, 5.41) is 0.